The van der Waals surface area contributed by atoms with E-state index in [1.807, 2.05) is 6.92 Å². The van der Waals surface area contributed by atoms with Crippen molar-refractivity contribution >= 4 is 35.0 Å². The van der Waals surface area contributed by atoms with Crippen molar-refractivity contribution in [3.05, 3.63) is 53.0 Å². The quantitative estimate of drug-likeness (QED) is 0.666. The largest absolute Gasteiger partial charge is 0.465 e. The second-order valence-corrected chi connectivity index (χ2v) is 4.44. The molecule has 1 aromatic carbocycles. The van der Waals surface area contributed by atoms with Gasteiger partial charge < -0.3 is 15.5 Å². The van der Waals surface area contributed by atoms with Gasteiger partial charge in [-0.3, -0.25) is 4.79 Å². The molecular weight excluding hydrogens is 264 g/mol. The van der Waals surface area contributed by atoms with Gasteiger partial charge in [0.05, 0.1) is 17.0 Å². The van der Waals surface area contributed by atoms with Gasteiger partial charge in [0.1, 0.15) is 5.76 Å². The molecular formula is C14H13ClN2O2. The monoisotopic (exact) mass is 276 g/mol. The van der Waals surface area contributed by atoms with Gasteiger partial charge in [0, 0.05) is 11.8 Å². The Bertz CT molecular complexity index is 595. The summed E-state index contributed by atoms with van der Waals surface area (Å²) in [5.74, 6) is 0.321. The molecule has 3 N–H and O–H groups in total. The van der Waals surface area contributed by atoms with Crippen molar-refractivity contribution < 1.29 is 9.21 Å². The molecule has 0 aliphatic rings. The van der Waals surface area contributed by atoms with Crippen LogP contribution in [0.5, 0.6) is 0 Å². The number of nitrogen functional groups attached to an aromatic ring is 1. The molecule has 0 aliphatic heterocycles. The van der Waals surface area contributed by atoms with Crippen LogP contribution in [0.2, 0.25) is 5.02 Å². The molecule has 0 unspecified atom stereocenters. The summed E-state index contributed by atoms with van der Waals surface area (Å²) in [4.78, 5) is 11.8. The number of nitrogens with two attached hydrogens (primary N) is 1. The smallest absolute Gasteiger partial charge is 0.248 e. The van der Waals surface area contributed by atoms with E-state index in [9.17, 15) is 4.79 Å². The minimum absolute atomic E-state index is 0.286. The first-order valence-corrected chi connectivity index (χ1v) is 6.02. The maximum absolute atomic E-state index is 11.8. The van der Waals surface area contributed by atoms with Crippen LogP contribution in [0, 0.1) is 6.92 Å². The lowest BCUT2D eigenvalue weighted by Gasteiger charge is -2.09. The number of carbonyl (C=O) groups excluding carboxylic acids is 1. The standard InChI is InChI=1S/C14H13ClN2O2/c1-9-7-10(16)8-12(15)14(9)17-13(18)5-4-11-3-2-6-19-11/h2-8H,16H2,1H3,(H,17,18)/b5-4+. The fraction of sp³-hybridized carbons (Fsp3) is 0.0714. The van der Waals surface area contributed by atoms with Crippen molar-refractivity contribution in [2.45, 2.75) is 6.92 Å². The van der Waals surface area contributed by atoms with Crippen molar-refractivity contribution in [2.24, 2.45) is 0 Å². The maximum atomic E-state index is 11.8. The number of rotatable bonds is 3. The number of anilines is 2. The van der Waals surface area contributed by atoms with E-state index in [1.165, 1.54) is 6.08 Å². The van der Waals surface area contributed by atoms with Gasteiger partial charge in [-0.15, -0.1) is 0 Å². The molecule has 2 aromatic rings. The average molecular weight is 277 g/mol. The minimum atomic E-state index is -0.286. The van der Waals surface area contributed by atoms with E-state index in [-0.39, 0.29) is 5.91 Å². The zero-order chi connectivity index (χ0) is 13.8. The molecule has 4 nitrogen and oxygen atoms in total. The van der Waals surface area contributed by atoms with Gasteiger partial charge in [-0.2, -0.15) is 0 Å². The Balaban J connectivity index is 2.11. The number of aryl methyl sites for hydroxylation is 1. The van der Waals surface area contributed by atoms with Gasteiger partial charge in [0.15, 0.2) is 0 Å². The fourth-order valence-corrected chi connectivity index (χ4v) is 1.96. The summed E-state index contributed by atoms with van der Waals surface area (Å²) >= 11 is 6.04. The van der Waals surface area contributed by atoms with Crippen molar-refractivity contribution in [1.82, 2.24) is 0 Å². The Morgan fingerprint density at radius 1 is 1.47 bits per heavy atom. The summed E-state index contributed by atoms with van der Waals surface area (Å²) in [5.41, 5.74) is 7.59. The zero-order valence-corrected chi connectivity index (χ0v) is 11.1. The predicted octanol–water partition coefficient (Wildman–Crippen LogP) is 3.48. The first-order chi connectivity index (χ1) is 9.06. The summed E-state index contributed by atoms with van der Waals surface area (Å²) in [6.07, 6.45) is 4.50. The van der Waals surface area contributed by atoms with Crippen molar-refractivity contribution in [3.63, 3.8) is 0 Å². The second-order valence-electron chi connectivity index (χ2n) is 4.03. The highest BCUT2D eigenvalue weighted by molar-refractivity contribution is 6.34. The fourth-order valence-electron chi connectivity index (χ4n) is 1.64. The number of carbonyl (C=O) groups is 1. The summed E-state index contributed by atoms with van der Waals surface area (Å²) in [7, 11) is 0. The van der Waals surface area contributed by atoms with Gasteiger partial charge in [-0.05, 0) is 42.8 Å². The number of hydrogen-bond acceptors (Lipinski definition) is 3. The van der Waals surface area contributed by atoms with Crippen LogP contribution in [-0.4, -0.2) is 5.91 Å². The molecule has 0 atom stereocenters. The zero-order valence-electron chi connectivity index (χ0n) is 10.3. The molecule has 0 aliphatic carbocycles. The predicted molar refractivity (Wildman–Crippen MR) is 77.0 cm³/mol. The van der Waals surface area contributed by atoms with Crippen molar-refractivity contribution in [2.75, 3.05) is 11.1 Å². The molecule has 0 bridgehead atoms. The molecule has 0 fully saturated rings. The summed E-state index contributed by atoms with van der Waals surface area (Å²) < 4.78 is 5.09. The molecule has 0 spiro atoms. The van der Waals surface area contributed by atoms with E-state index in [1.54, 1.807) is 36.6 Å². The molecule has 19 heavy (non-hydrogen) atoms. The minimum Gasteiger partial charge on any atom is -0.465 e. The van der Waals surface area contributed by atoms with E-state index in [2.05, 4.69) is 5.32 Å². The molecule has 1 aromatic heterocycles. The van der Waals surface area contributed by atoms with E-state index in [0.29, 0.717) is 22.2 Å². The number of amides is 1. The molecule has 0 saturated heterocycles. The number of halogens is 1. The van der Waals surface area contributed by atoms with Crippen LogP contribution in [0.3, 0.4) is 0 Å². The lowest BCUT2D eigenvalue weighted by atomic mass is 10.1. The van der Waals surface area contributed by atoms with Crippen LogP contribution in [-0.2, 0) is 4.79 Å². The van der Waals surface area contributed by atoms with Crippen LogP contribution in [0.25, 0.3) is 6.08 Å². The Labute approximate surface area is 115 Å². The Morgan fingerprint density at radius 2 is 2.26 bits per heavy atom. The van der Waals surface area contributed by atoms with E-state index in [4.69, 9.17) is 21.8 Å². The van der Waals surface area contributed by atoms with Gasteiger partial charge in [0.25, 0.3) is 0 Å². The highest BCUT2D eigenvalue weighted by atomic mass is 35.5. The summed E-state index contributed by atoms with van der Waals surface area (Å²) in [6, 6.07) is 6.85. The van der Waals surface area contributed by atoms with Crippen LogP contribution >= 0.6 is 11.6 Å². The first-order valence-electron chi connectivity index (χ1n) is 5.64. The van der Waals surface area contributed by atoms with Gasteiger partial charge in [-0.25, -0.2) is 0 Å². The van der Waals surface area contributed by atoms with Crippen LogP contribution in [0.15, 0.2) is 41.0 Å². The Hall–Kier alpha value is -2.20. The third kappa shape index (κ3) is 3.39. The van der Waals surface area contributed by atoms with Crippen molar-refractivity contribution in [1.29, 1.82) is 0 Å². The molecule has 2 rings (SSSR count). The second kappa shape index (κ2) is 5.63. The molecule has 98 valence electrons. The lowest BCUT2D eigenvalue weighted by molar-refractivity contribution is -0.111. The summed E-state index contributed by atoms with van der Waals surface area (Å²) in [6.45, 7) is 1.83. The summed E-state index contributed by atoms with van der Waals surface area (Å²) in [5, 5.41) is 3.13. The van der Waals surface area contributed by atoms with E-state index in [0.717, 1.165) is 5.56 Å². The Kier molecular flexibility index (Phi) is 3.92. The SMILES string of the molecule is Cc1cc(N)cc(Cl)c1NC(=O)/C=C/c1ccco1. The molecule has 1 amide bonds. The van der Waals surface area contributed by atoms with Crippen LogP contribution in [0.1, 0.15) is 11.3 Å². The lowest BCUT2D eigenvalue weighted by Crippen LogP contribution is -2.09. The third-order valence-electron chi connectivity index (χ3n) is 2.50. The highest BCUT2D eigenvalue weighted by Crippen LogP contribution is 2.28. The molecule has 1 heterocycles. The van der Waals surface area contributed by atoms with Gasteiger partial charge in [0.2, 0.25) is 5.91 Å². The van der Waals surface area contributed by atoms with E-state index >= 15 is 0 Å². The number of furan rings is 1. The molecule has 5 heteroatoms. The molecule has 0 radical (unpaired) electrons. The highest BCUT2D eigenvalue weighted by Gasteiger charge is 2.07. The topological polar surface area (TPSA) is 68.3 Å². The maximum Gasteiger partial charge on any atom is 0.248 e. The van der Waals surface area contributed by atoms with Crippen molar-refractivity contribution in [3.8, 4) is 0 Å². The number of hydrogen-bond donors (Lipinski definition) is 2. The van der Waals surface area contributed by atoms with Gasteiger partial charge in [-0.1, -0.05) is 11.6 Å². The van der Waals surface area contributed by atoms with Crippen LogP contribution in [0.4, 0.5) is 11.4 Å². The number of benzene rings is 1. The third-order valence-corrected chi connectivity index (χ3v) is 2.80. The average Bonchev–Trinajstić information content (AvgIpc) is 2.84. The molecule has 0 saturated carbocycles. The van der Waals surface area contributed by atoms with E-state index < -0.39 is 0 Å². The Morgan fingerprint density at radius 3 is 2.89 bits per heavy atom. The normalized spacial score (nSPS) is 10.8. The van der Waals surface area contributed by atoms with Crippen LogP contribution < -0.4 is 11.1 Å². The number of nitrogens with one attached hydrogen (secondary N) is 1. The van der Waals surface area contributed by atoms with Gasteiger partial charge >= 0.3 is 0 Å². The first kappa shape index (κ1) is 13.2.